The Labute approximate surface area is 122 Å². The second-order valence-corrected chi connectivity index (χ2v) is 5.17. The lowest BCUT2D eigenvalue weighted by Crippen LogP contribution is -2.03. The van der Waals surface area contributed by atoms with Crippen LogP contribution < -0.4 is 5.32 Å². The summed E-state index contributed by atoms with van der Waals surface area (Å²) in [6.07, 6.45) is 0. The van der Waals surface area contributed by atoms with Crippen molar-refractivity contribution < 1.29 is 5.11 Å². The number of pyridine rings is 1. The Hall–Kier alpha value is -1.45. The number of halogens is 2. The van der Waals surface area contributed by atoms with Crippen LogP contribution in [0.4, 0.5) is 5.69 Å². The summed E-state index contributed by atoms with van der Waals surface area (Å²) in [4.78, 5) is 4.27. The molecule has 0 fully saturated rings. The van der Waals surface area contributed by atoms with Crippen molar-refractivity contribution in [3.63, 3.8) is 0 Å². The maximum absolute atomic E-state index is 9.72. The fourth-order valence-corrected chi connectivity index (χ4v) is 2.14. The first-order valence-corrected chi connectivity index (χ1v) is 6.58. The van der Waals surface area contributed by atoms with Crippen LogP contribution in [0.3, 0.4) is 0 Å². The molecule has 1 aromatic carbocycles. The summed E-state index contributed by atoms with van der Waals surface area (Å²) in [5.74, 6) is 0.160. The number of hydrogen-bond donors (Lipinski definition) is 2. The normalized spacial score (nSPS) is 10.5. The first kappa shape index (κ1) is 14.0. The predicted octanol–water partition coefficient (Wildman–Crippen LogP) is 4.32. The number of nitrogens with zero attached hydrogens (tertiary/aromatic N) is 1. The van der Waals surface area contributed by atoms with E-state index >= 15 is 0 Å². The zero-order chi connectivity index (χ0) is 14.0. The molecule has 0 bridgehead atoms. The Kier molecular flexibility index (Phi) is 4.17. The van der Waals surface area contributed by atoms with Gasteiger partial charge in [-0.3, -0.25) is 4.98 Å². The molecule has 0 saturated carbocycles. The van der Waals surface area contributed by atoms with Crippen LogP contribution in [-0.4, -0.2) is 10.1 Å². The molecule has 0 unspecified atom stereocenters. The van der Waals surface area contributed by atoms with E-state index in [4.69, 9.17) is 23.2 Å². The van der Waals surface area contributed by atoms with Crippen molar-refractivity contribution in [2.75, 3.05) is 5.32 Å². The van der Waals surface area contributed by atoms with Crippen LogP contribution in [0.5, 0.6) is 5.75 Å². The third kappa shape index (κ3) is 3.31. The largest absolute Gasteiger partial charge is 0.506 e. The molecule has 0 aliphatic rings. The predicted molar refractivity (Wildman–Crippen MR) is 79.2 cm³/mol. The molecule has 5 heteroatoms. The first-order chi connectivity index (χ1) is 8.97. The second kappa shape index (κ2) is 5.68. The maximum Gasteiger partial charge on any atom is 0.138 e. The smallest absolute Gasteiger partial charge is 0.138 e. The third-order valence-corrected chi connectivity index (χ3v) is 3.50. The Morgan fingerprint density at radius 1 is 1.16 bits per heavy atom. The van der Waals surface area contributed by atoms with Crippen LogP contribution in [0.2, 0.25) is 10.0 Å². The second-order valence-electron chi connectivity index (χ2n) is 4.35. The molecule has 2 N–H and O–H groups in total. The summed E-state index contributed by atoms with van der Waals surface area (Å²) in [7, 11) is 0. The highest BCUT2D eigenvalue weighted by Crippen LogP contribution is 2.29. The highest BCUT2D eigenvalue weighted by atomic mass is 35.5. The minimum absolute atomic E-state index is 0.160. The summed E-state index contributed by atoms with van der Waals surface area (Å²) >= 11 is 12.2. The average molecular weight is 297 g/mol. The van der Waals surface area contributed by atoms with Crippen LogP contribution in [0.1, 0.15) is 17.0 Å². The highest BCUT2D eigenvalue weighted by Gasteiger charge is 2.07. The molecular formula is C14H14Cl2N2O. The molecule has 0 aliphatic carbocycles. The van der Waals surface area contributed by atoms with Gasteiger partial charge < -0.3 is 10.4 Å². The number of aromatic hydroxyl groups is 1. The van der Waals surface area contributed by atoms with Crippen molar-refractivity contribution in [3.8, 4) is 5.75 Å². The SMILES string of the molecule is Cc1ccc(O)c(CNc2cc(Cl)c(C)cc2Cl)n1. The monoisotopic (exact) mass is 296 g/mol. The molecule has 0 amide bonds. The fourth-order valence-electron chi connectivity index (χ4n) is 1.69. The van der Waals surface area contributed by atoms with Crippen molar-refractivity contribution in [2.24, 2.45) is 0 Å². The topological polar surface area (TPSA) is 45.1 Å². The van der Waals surface area contributed by atoms with Crippen molar-refractivity contribution in [1.29, 1.82) is 0 Å². The van der Waals surface area contributed by atoms with Gasteiger partial charge in [0.2, 0.25) is 0 Å². The maximum atomic E-state index is 9.72. The molecule has 1 heterocycles. The van der Waals surface area contributed by atoms with Crippen molar-refractivity contribution in [3.05, 3.63) is 51.3 Å². The molecule has 100 valence electrons. The van der Waals surface area contributed by atoms with E-state index in [-0.39, 0.29) is 5.75 Å². The van der Waals surface area contributed by atoms with E-state index in [1.54, 1.807) is 24.3 Å². The molecule has 3 nitrogen and oxygen atoms in total. The molecule has 2 aromatic rings. The number of benzene rings is 1. The standard InChI is InChI=1S/C14H14Cl2N2O/c1-8-5-11(16)12(6-10(8)15)17-7-13-14(19)4-3-9(2)18-13/h3-6,17,19H,7H2,1-2H3. The first-order valence-electron chi connectivity index (χ1n) is 5.82. The van der Waals surface area contributed by atoms with Gasteiger partial charge >= 0.3 is 0 Å². The quantitative estimate of drug-likeness (QED) is 0.886. The summed E-state index contributed by atoms with van der Waals surface area (Å²) in [5, 5.41) is 14.1. The van der Waals surface area contributed by atoms with Gasteiger partial charge in [-0.25, -0.2) is 0 Å². The van der Waals surface area contributed by atoms with Crippen LogP contribution >= 0.6 is 23.2 Å². The Morgan fingerprint density at radius 2 is 1.89 bits per heavy atom. The van der Waals surface area contributed by atoms with E-state index in [0.717, 1.165) is 16.9 Å². The molecule has 0 aliphatic heterocycles. The molecule has 19 heavy (non-hydrogen) atoms. The van der Waals surface area contributed by atoms with Crippen LogP contribution in [0.25, 0.3) is 0 Å². The average Bonchev–Trinajstić information content (AvgIpc) is 2.36. The van der Waals surface area contributed by atoms with E-state index in [9.17, 15) is 5.11 Å². The van der Waals surface area contributed by atoms with Gasteiger partial charge in [0.05, 0.1) is 17.3 Å². The van der Waals surface area contributed by atoms with Gasteiger partial charge in [0, 0.05) is 10.7 Å². The van der Waals surface area contributed by atoms with Gasteiger partial charge in [0.25, 0.3) is 0 Å². The zero-order valence-electron chi connectivity index (χ0n) is 10.7. The van der Waals surface area contributed by atoms with Gasteiger partial charge in [-0.2, -0.15) is 0 Å². The molecule has 2 rings (SSSR count). The molecule has 0 spiro atoms. The van der Waals surface area contributed by atoms with Crippen LogP contribution in [0, 0.1) is 13.8 Å². The van der Waals surface area contributed by atoms with Gasteiger partial charge in [-0.1, -0.05) is 23.2 Å². The molecule has 0 atom stereocenters. The minimum atomic E-state index is 0.160. The fraction of sp³-hybridized carbons (Fsp3) is 0.214. The van der Waals surface area contributed by atoms with E-state index in [2.05, 4.69) is 10.3 Å². The highest BCUT2D eigenvalue weighted by molar-refractivity contribution is 6.35. The summed E-state index contributed by atoms with van der Waals surface area (Å²) in [5.41, 5.74) is 3.07. The summed E-state index contributed by atoms with van der Waals surface area (Å²) in [6.45, 7) is 4.15. The lowest BCUT2D eigenvalue weighted by molar-refractivity contribution is 0.464. The van der Waals surface area contributed by atoms with Crippen molar-refractivity contribution >= 4 is 28.9 Å². The van der Waals surface area contributed by atoms with E-state index in [1.807, 2.05) is 13.8 Å². The van der Waals surface area contributed by atoms with Crippen molar-refractivity contribution in [1.82, 2.24) is 4.98 Å². The van der Waals surface area contributed by atoms with Crippen LogP contribution in [0.15, 0.2) is 24.3 Å². The number of anilines is 1. The minimum Gasteiger partial charge on any atom is -0.506 e. The lowest BCUT2D eigenvalue weighted by Gasteiger charge is -2.11. The Morgan fingerprint density at radius 3 is 2.63 bits per heavy atom. The van der Waals surface area contributed by atoms with E-state index < -0.39 is 0 Å². The zero-order valence-corrected chi connectivity index (χ0v) is 12.2. The number of hydrogen-bond acceptors (Lipinski definition) is 3. The van der Waals surface area contributed by atoms with E-state index in [0.29, 0.717) is 22.3 Å². The molecule has 0 saturated heterocycles. The number of nitrogens with one attached hydrogen (secondary N) is 1. The van der Waals surface area contributed by atoms with Crippen LogP contribution in [-0.2, 0) is 6.54 Å². The summed E-state index contributed by atoms with van der Waals surface area (Å²) in [6, 6.07) is 6.96. The van der Waals surface area contributed by atoms with Crippen molar-refractivity contribution in [2.45, 2.75) is 20.4 Å². The third-order valence-electron chi connectivity index (χ3n) is 2.78. The Bertz CT molecular complexity index is 615. The Balaban J connectivity index is 2.19. The lowest BCUT2D eigenvalue weighted by atomic mass is 10.2. The van der Waals surface area contributed by atoms with E-state index in [1.165, 1.54) is 0 Å². The van der Waals surface area contributed by atoms with Gasteiger partial charge in [0.1, 0.15) is 11.4 Å². The summed E-state index contributed by atoms with van der Waals surface area (Å²) < 4.78 is 0. The molecule has 1 aromatic heterocycles. The molecule has 0 radical (unpaired) electrons. The number of rotatable bonds is 3. The number of aromatic nitrogens is 1. The van der Waals surface area contributed by atoms with Gasteiger partial charge in [0.15, 0.2) is 0 Å². The van der Waals surface area contributed by atoms with Gasteiger partial charge in [-0.05, 0) is 43.7 Å². The van der Waals surface area contributed by atoms with Gasteiger partial charge in [-0.15, -0.1) is 0 Å². The molecular weight excluding hydrogens is 283 g/mol. The number of aryl methyl sites for hydroxylation is 2.